The van der Waals surface area contributed by atoms with Gasteiger partial charge in [0, 0.05) is 23.0 Å². The molecule has 3 rings (SSSR count). The summed E-state index contributed by atoms with van der Waals surface area (Å²) in [4.78, 5) is 8.32. The van der Waals surface area contributed by atoms with Crippen molar-refractivity contribution in [1.82, 2.24) is 9.97 Å². The first kappa shape index (κ1) is 12.2. The normalized spacial score (nSPS) is 18.1. The van der Waals surface area contributed by atoms with Crippen LogP contribution in [-0.2, 0) is 0 Å². The van der Waals surface area contributed by atoms with E-state index in [4.69, 9.17) is 16.3 Å². The zero-order valence-corrected chi connectivity index (χ0v) is 11.1. The van der Waals surface area contributed by atoms with E-state index in [1.54, 1.807) is 18.6 Å². The Bertz CT molecular complexity index is 562. The molecule has 98 valence electrons. The molecule has 1 N–H and O–H groups in total. The van der Waals surface area contributed by atoms with Crippen molar-refractivity contribution in [2.45, 2.75) is 18.9 Å². The van der Waals surface area contributed by atoms with Gasteiger partial charge in [-0.25, -0.2) is 4.98 Å². The van der Waals surface area contributed by atoms with Crippen LogP contribution in [0, 0.1) is 0 Å². The Morgan fingerprint density at radius 1 is 1.32 bits per heavy atom. The molecule has 0 radical (unpaired) electrons. The van der Waals surface area contributed by atoms with E-state index in [2.05, 4.69) is 15.3 Å². The number of halogens is 1. The zero-order valence-electron chi connectivity index (χ0n) is 10.3. The Hall–Kier alpha value is -1.81. The molecule has 0 amide bonds. The molecule has 5 heteroatoms. The van der Waals surface area contributed by atoms with E-state index in [0.717, 1.165) is 30.0 Å². The third-order valence-corrected chi connectivity index (χ3v) is 3.37. The fraction of sp³-hybridized carbons (Fsp3) is 0.286. The minimum absolute atomic E-state index is 0.173. The quantitative estimate of drug-likeness (QED) is 0.912. The summed E-state index contributed by atoms with van der Waals surface area (Å²) in [7, 11) is 0. The van der Waals surface area contributed by atoms with E-state index in [1.807, 2.05) is 18.2 Å². The van der Waals surface area contributed by atoms with Gasteiger partial charge in [-0.05, 0) is 25.0 Å². The van der Waals surface area contributed by atoms with Crippen molar-refractivity contribution < 1.29 is 4.74 Å². The van der Waals surface area contributed by atoms with E-state index >= 15 is 0 Å². The average molecular weight is 276 g/mol. The fourth-order valence-electron chi connectivity index (χ4n) is 2.25. The van der Waals surface area contributed by atoms with Gasteiger partial charge in [0.2, 0.25) is 0 Å². The highest BCUT2D eigenvalue weighted by Crippen LogP contribution is 2.35. The summed E-state index contributed by atoms with van der Waals surface area (Å²) in [6, 6.07) is 5.94. The molecule has 1 aliphatic rings. The third-order valence-electron chi connectivity index (χ3n) is 3.13. The van der Waals surface area contributed by atoms with Crippen molar-refractivity contribution in [2.75, 3.05) is 11.9 Å². The Balaban J connectivity index is 1.90. The van der Waals surface area contributed by atoms with Crippen LogP contribution in [0.5, 0.6) is 5.75 Å². The lowest BCUT2D eigenvalue weighted by atomic mass is 10.0. The van der Waals surface area contributed by atoms with Crippen molar-refractivity contribution in [2.24, 2.45) is 0 Å². The van der Waals surface area contributed by atoms with Crippen LogP contribution in [0.3, 0.4) is 0 Å². The second kappa shape index (κ2) is 5.45. The van der Waals surface area contributed by atoms with Crippen molar-refractivity contribution in [3.05, 3.63) is 47.4 Å². The monoisotopic (exact) mass is 275 g/mol. The van der Waals surface area contributed by atoms with E-state index in [9.17, 15) is 0 Å². The number of nitrogens with one attached hydrogen (secondary N) is 1. The van der Waals surface area contributed by atoms with Crippen molar-refractivity contribution in [3.8, 4) is 5.75 Å². The number of nitrogens with zero attached hydrogens (tertiary/aromatic N) is 2. The van der Waals surface area contributed by atoms with Crippen LogP contribution in [0.2, 0.25) is 5.02 Å². The summed E-state index contributed by atoms with van der Waals surface area (Å²) in [5.74, 6) is 1.63. The molecule has 1 aromatic heterocycles. The smallest absolute Gasteiger partial charge is 0.144 e. The van der Waals surface area contributed by atoms with E-state index in [0.29, 0.717) is 11.6 Å². The molecule has 1 atom stereocenters. The number of aromatic nitrogens is 2. The standard InChI is InChI=1S/C14H14ClN3O/c15-10-3-4-11-12(2-1-7-19-13(11)8-10)18-14-9-16-5-6-17-14/h3-6,8-9,12H,1-2,7H2,(H,17,18). The van der Waals surface area contributed by atoms with Crippen molar-refractivity contribution in [3.63, 3.8) is 0 Å². The number of benzene rings is 1. The van der Waals surface area contributed by atoms with Crippen LogP contribution in [0.25, 0.3) is 0 Å². The highest BCUT2D eigenvalue weighted by molar-refractivity contribution is 6.30. The molecule has 0 bridgehead atoms. The summed E-state index contributed by atoms with van der Waals surface area (Å²) in [6.07, 6.45) is 7.05. The van der Waals surface area contributed by atoms with Crippen LogP contribution in [0.15, 0.2) is 36.8 Å². The molecule has 0 fully saturated rings. The molecule has 4 nitrogen and oxygen atoms in total. The Morgan fingerprint density at radius 2 is 2.26 bits per heavy atom. The minimum Gasteiger partial charge on any atom is -0.493 e. The van der Waals surface area contributed by atoms with Gasteiger partial charge in [-0.2, -0.15) is 0 Å². The van der Waals surface area contributed by atoms with Crippen LogP contribution < -0.4 is 10.1 Å². The molecule has 2 aromatic rings. The third kappa shape index (κ3) is 2.79. The van der Waals surface area contributed by atoms with Crippen LogP contribution in [0.1, 0.15) is 24.4 Å². The number of ether oxygens (including phenoxy) is 1. The van der Waals surface area contributed by atoms with Gasteiger partial charge >= 0.3 is 0 Å². The van der Waals surface area contributed by atoms with Gasteiger partial charge in [0.1, 0.15) is 11.6 Å². The van der Waals surface area contributed by atoms with E-state index in [-0.39, 0.29) is 6.04 Å². The van der Waals surface area contributed by atoms with Gasteiger partial charge in [-0.1, -0.05) is 17.7 Å². The number of rotatable bonds is 2. The summed E-state index contributed by atoms with van der Waals surface area (Å²) in [5, 5.41) is 4.09. The lowest BCUT2D eigenvalue weighted by Crippen LogP contribution is -2.11. The molecule has 0 spiro atoms. The maximum atomic E-state index is 6.02. The topological polar surface area (TPSA) is 47.0 Å². The maximum absolute atomic E-state index is 6.02. The maximum Gasteiger partial charge on any atom is 0.144 e. The van der Waals surface area contributed by atoms with Gasteiger partial charge in [0.25, 0.3) is 0 Å². The first-order chi connectivity index (χ1) is 9.33. The van der Waals surface area contributed by atoms with Gasteiger partial charge in [0.15, 0.2) is 0 Å². The van der Waals surface area contributed by atoms with Crippen LogP contribution in [0.4, 0.5) is 5.82 Å². The first-order valence-electron chi connectivity index (χ1n) is 6.28. The summed E-state index contributed by atoms with van der Waals surface area (Å²) in [6.45, 7) is 0.714. The van der Waals surface area contributed by atoms with E-state index in [1.165, 1.54) is 0 Å². The molecule has 1 aromatic carbocycles. The van der Waals surface area contributed by atoms with Crippen molar-refractivity contribution >= 4 is 17.4 Å². The van der Waals surface area contributed by atoms with Crippen LogP contribution in [-0.4, -0.2) is 16.6 Å². The fourth-order valence-corrected chi connectivity index (χ4v) is 2.41. The lowest BCUT2D eigenvalue weighted by molar-refractivity contribution is 0.316. The predicted molar refractivity (Wildman–Crippen MR) is 74.6 cm³/mol. The molecule has 0 saturated carbocycles. The van der Waals surface area contributed by atoms with Crippen LogP contribution >= 0.6 is 11.6 Å². The summed E-state index contributed by atoms with van der Waals surface area (Å²) < 4.78 is 5.74. The van der Waals surface area contributed by atoms with Crippen molar-refractivity contribution in [1.29, 1.82) is 0 Å². The Morgan fingerprint density at radius 3 is 3.11 bits per heavy atom. The highest BCUT2D eigenvalue weighted by Gasteiger charge is 2.20. The number of hydrogen-bond donors (Lipinski definition) is 1. The van der Waals surface area contributed by atoms with Gasteiger partial charge in [-0.3, -0.25) is 4.98 Å². The Kier molecular flexibility index (Phi) is 3.51. The number of hydrogen-bond acceptors (Lipinski definition) is 4. The average Bonchev–Trinajstić information content (AvgIpc) is 2.62. The molecular weight excluding hydrogens is 262 g/mol. The molecule has 0 saturated heterocycles. The molecule has 1 unspecified atom stereocenters. The highest BCUT2D eigenvalue weighted by atomic mass is 35.5. The summed E-state index contributed by atoms with van der Waals surface area (Å²) in [5.41, 5.74) is 1.12. The first-order valence-corrected chi connectivity index (χ1v) is 6.65. The second-order valence-corrected chi connectivity index (χ2v) is 4.90. The van der Waals surface area contributed by atoms with Gasteiger partial charge < -0.3 is 10.1 Å². The number of fused-ring (bicyclic) bond motifs is 1. The molecule has 0 aliphatic carbocycles. The SMILES string of the molecule is Clc1ccc2c(c1)OCCCC2Nc1cnccn1. The predicted octanol–water partition coefficient (Wildman–Crippen LogP) is 3.46. The minimum atomic E-state index is 0.173. The molecular formula is C14H14ClN3O. The number of anilines is 1. The molecule has 19 heavy (non-hydrogen) atoms. The summed E-state index contributed by atoms with van der Waals surface area (Å²) >= 11 is 6.02. The largest absolute Gasteiger partial charge is 0.493 e. The van der Waals surface area contributed by atoms with Gasteiger partial charge in [-0.15, -0.1) is 0 Å². The second-order valence-electron chi connectivity index (χ2n) is 4.46. The molecule has 1 aliphatic heterocycles. The lowest BCUT2D eigenvalue weighted by Gasteiger charge is -2.18. The zero-order chi connectivity index (χ0) is 13.1. The van der Waals surface area contributed by atoms with Gasteiger partial charge in [0.05, 0.1) is 18.8 Å². The molecule has 2 heterocycles. The van der Waals surface area contributed by atoms with E-state index < -0.39 is 0 Å². The Labute approximate surface area is 116 Å².